The zero-order valence-electron chi connectivity index (χ0n) is 47.8. The molecule has 0 radical (unpaired) electrons. The van der Waals surface area contributed by atoms with Crippen LogP contribution in [-0.4, -0.2) is 73.9 Å². The van der Waals surface area contributed by atoms with E-state index in [-0.39, 0.29) is 34.8 Å². The van der Waals surface area contributed by atoms with Crippen molar-refractivity contribution in [2.75, 3.05) is 23.2 Å². The van der Waals surface area contributed by atoms with Gasteiger partial charge in [0.2, 0.25) is 0 Å². The average molecular weight is 1100 g/mol. The van der Waals surface area contributed by atoms with Crippen molar-refractivity contribution >= 4 is 74.8 Å². The molecule has 1 N–H and O–H groups in total. The lowest BCUT2D eigenvalue weighted by molar-refractivity contribution is -0.123. The number of anilines is 2. The van der Waals surface area contributed by atoms with Crippen LogP contribution < -0.4 is 10.0 Å². The molecule has 1 aliphatic heterocycles. The molecular formula is C64H71N5O10S. The van der Waals surface area contributed by atoms with E-state index in [1.54, 1.807) is 108 Å². The van der Waals surface area contributed by atoms with Crippen LogP contribution in [-0.2, 0) is 45.4 Å². The van der Waals surface area contributed by atoms with Crippen molar-refractivity contribution < 1.29 is 46.4 Å². The summed E-state index contributed by atoms with van der Waals surface area (Å²) in [6, 6.07) is 45.3. The van der Waals surface area contributed by atoms with Crippen LogP contribution in [0.3, 0.4) is 0 Å². The molecule has 0 spiro atoms. The van der Waals surface area contributed by atoms with E-state index in [0.29, 0.717) is 28.2 Å². The first-order valence-corrected chi connectivity index (χ1v) is 27.6. The molecule has 0 bridgehead atoms. The van der Waals surface area contributed by atoms with Crippen LogP contribution in [0.5, 0.6) is 0 Å². The van der Waals surface area contributed by atoms with E-state index in [9.17, 15) is 27.6 Å². The molecule has 0 aromatic heterocycles. The quantitative estimate of drug-likeness (QED) is 0.0382. The highest BCUT2D eigenvalue weighted by Crippen LogP contribution is 2.45. The fourth-order valence-corrected chi connectivity index (χ4v) is 9.45. The average Bonchev–Trinajstić information content (AvgIpc) is 3.89. The van der Waals surface area contributed by atoms with Gasteiger partial charge in [0.1, 0.15) is 5.60 Å². The van der Waals surface area contributed by atoms with Gasteiger partial charge in [-0.1, -0.05) is 130 Å². The fourth-order valence-electron chi connectivity index (χ4n) is 8.97. The van der Waals surface area contributed by atoms with Gasteiger partial charge in [-0.05, 0) is 150 Å². The molecular weight excluding hydrogens is 1030 g/mol. The Morgan fingerprint density at radius 1 is 0.625 bits per heavy atom. The second-order valence-corrected chi connectivity index (χ2v) is 23.0. The highest BCUT2D eigenvalue weighted by atomic mass is 32.2. The molecule has 0 unspecified atom stereocenters. The number of ether oxygens (including phenoxy) is 3. The Hall–Kier alpha value is -8.34. The maximum Gasteiger partial charge on any atom is 0.435 e. The lowest BCUT2D eigenvalue weighted by atomic mass is 9.81. The monoisotopic (exact) mass is 1100 g/mol. The molecule has 418 valence electrons. The van der Waals surface area contributed by atoms with Gasteiger partial charge < -0.3 is 14.2 Å². The molecule has 6 aromatic carbocycles. The molecule has 80 heavy (non-hydrogen) atoms. The first kappa shape index (κ1) is 60.9. The number of carbonyl (C=O) groups is 4. The largest absolute Gasteiger partial charge is 0.462 e. The number of rotatable bonds is 13. The van der Waals surface area contributed by atoms with E-state index in [1.807, 2.05) is 87.5 Å². The van der Waals surface area contributed by atoms with Crippen molar-refractivity contribution in [3.63, 3.8) is 0 Å². The summed E-state index contributed by atoms with van der Waals surface area (Å²) in [5.41, 5.74) is 8.50. The summed E-state index contributed by atoms with van der Waals surface area (Å²) in [4.78, 5) is 56.4. The van der Waals surface area contributed by atoms with Gasteiger partial charge in [0, 0.05) is 10.8 Å². The predicted octanol–water partition coefficient (Wildman–Crippen LogP) is 13.8. The third-order valence-corrected chi connectivity index (χ3v) is 14.3. The zero-order valence-corrected chi connectivity index (χ0v) is 48.6. The maximum absolute atomic E-state index is 14.1. The van der Waals surface area contributed by atoms with E-state index in [0.717, 1.165) is 38.5 Å². The van der Waals surface area contributed by atoms with E-state index in [4.69, 9.17) is 23.9 Å². The summed E-state index contributed by atoms with van der Waals surface area (Å²) in [7, 11) is -4.02. The topological polar surface area (TPSA) is 194 Å². The molecule has 1 aliphatic carbocycles. The van der Waals surface area contributed by atoms with Gasteiger partial charge in [0.15, 0.2) is 0 Å². The number of allylic oxidation sites excluding steroid dienone is 2. The molecule has 6 aromatic rings. The first-order valence-electron chi connectivity index (χ1n) is 26.2. The predicted molar refractivity (Wildman–Crippen MR) is 317 cm³/mol. The number of nitrogens with zero attached hydrogens (tertiary/aromatic N) is 5. The van der Waals surface area contributed by atoms with Gasteiger partial charge in [-0.3, -0.25) is 14.3 Å². The fraction of sp³-hybridized carbons (Fsp3) is 0.297. The van der Waals surface area contributed by atoms with E-state index < -0.39 is 39.2 Å². The molecule has 1 heterocycles. The smallest absolute Gasteiger partial charge is 0.435 e. The number of amides is 2. The SMILES string of the molecule is CCOC(=O)c1cccc(N(/N=C\C2=C(C)c3ccccc3C2(C)C)C(=O)C(C)(C)c2ccccc2)c1.CCOC(=O)c1cccc(N(/N=C\C2=Nc3ccccc3C2(C)C)C(=O)OC(C)(C)C)c1.Cc1ccc(S(=O)(=O)O)cc1. The van der Waals surface area contributed by atoms with Crippen LogP contribution in [0.25, 0.3) is 5.57 Å². The lowest BCUT2D eigenvalue weighted by Gasteiger charge is -2.30. The van der Waals surface area contributed by atoms with Crippen molar-refractivity contribution in [3.8, 4) is 0 Å². The third-order valence-electron chi connectivity index (χ3n) is 13.4. The minimum absolute atomic E-state index is 0.0666. The minimum atomic E-state index is -4.02. The summed E-state index contributed by atoms with van der Waals surface area (Å²) >= 11 is 0. The highest BCUT2D eigenvalue weighted by molar-refractivity contribution is 7.85. The van der Waals surface area contributed by atoms with E-state index in [1.165, 1.54) is 28.3 Å². The Kier molecular flexibility index (Phi) is 19.2. The van der Waals surface area contributed by atoms with Crippen molar-refractivity contribution in [1.82, 2.24) is 0 Å². The molecule has 0 saturated heterocycles. The molecule has 0 atom stereocenters. The number of fused-ring (bicyclic) bond motifs is 2. The number of para-hydroxylation sites is 1. The Morgan fingerprint density at radius 3 is 1.66 bits per heavy atom. The molecule has 8 rings (SSSR count). The van der Waals surface area contributed by atoms with Crippen LogP contribution >= 0.6 is 0 Å². The molecule has 2 aliphatic rings. The molecule has 2 amide bonds. The van der Waals surface area contributed by atoms with Gasteiger partial charge in [-0.2, -0.15) is 28.6 Å². The summed E-state index contributed by atoms with van der Waals surface area (Å²) < 4.78 is 45.4. The number of aryl methyl sites for hydroxylation is 1. The molecule has 16 heteroatoms. The van der Waals surface area contributed by atoms with Crippen LogP contribution in [0.1, 0.15) is 132 Å². The highest BCUT2D eigenvalue weighted by Gasteiger charge is 2.38. The summed E-state index contributed by atoms with van der Waals surface area (Å²) in [6.07, 6.45) is 2.70. The van der Waals surface area contributed by atoms with Crippen LogP contribution in [0.15, 0.2) is 177 Å². The Bertz CT molecular complexity index is 3480. The first-order chi connectivity index (χ1) is 37.6. The number of benzene rings is 6. The minimum Gasteiger partial charge on any atom is -0.462 e. The zero-order chi connectivity index (χ0) is 58.8. The standard InChI is InChI=1S/C32H34N2O3.C25H29N3O4.C7H8O3S/c1-7-37-29(35)23-14-13-17-25(20-23)34(30(36)31(3,4)24-15-9-8-10-16-24)33-21-28-22(2)26-18-11-12-19-27(26)32(28,5)6;1-7-31-22(29)17-11-10-12-18(15-17)28(23(30)32-24(2,3)4)26-16-21-25(5,6)19-13-8-9-14-20(19)27-21;1-6-2-4-7(5-3-6)11(8,9)10/h8-21H,7H2,1-6H3;8-16H,7H2,1-6H3;2-5H,1H3,(H,8,9,10)/b33-21-;26-16-;. The van der Waals surface area contributed by atoms with Gasteiger partial charge >= 0.3 is 18.0 Å². The maximum atomic E-state index is 14.1. The number of aliphatic imine (C=N–C) groups is 1. The second kappa shape index (κ2) is 25.2. The molecule has 0 saturated carbocycles. The summed E-state index contributed by atoms with van der Waals surface area (Å²) in [5.74, 6) is -1.12. The van der Waals surface area contributed by atoms with Crippen molar-refractivity contribution in [2.45, 2.75) is 117 Å². The van der Waals surface area contributed by atoms with Gasteiger partial charge in [-0.25, -0.2) is 14.4 Å². The van der Waals surface area contributed by atoms with E-state index in [2.05, 4.69) is 56.8 Å². The van der Waals surface area contributed by atoms with Crippen molar-refractivity contribution in [2.24, 2.45) is 15.2 Å². The van der Waals surface area contributed by atoms with Crippen LogP contribution in [0, 0.1) is 6.92 Å². The van der Waals surface area contributed by atoms with Crippen molar-refractivity contribution in [1.29, 1.82) is 0 Å². The van der Waals surface area contributed by atoms with Crippen LogP contribution in [0.2, 0.25) is 0 Å². The van der Waals surface area contributed by atoms with Gasteiger partial charge in [-0.15, -0.1) is 0 Å². The second-order valence-electron chi connectivity index (χ2n) is 21.6. The Labute approximate surface area is 470 Å². The van der Waals surface area contributed by atoms with Crippen molar-refractivity contribution in [3.05, 3.63) is 196 Å². The summed E-state index contributed by atoms with van der Waals surface area (Å²) in [5, 5.41) is 11.8. The number of carbonyl (C=O) groups excluding carboxylic acids is 4. The normalized spacial score (nSPS) is 14.2. The van der Waals surface area contributed by atoms with Gasteiger partial charge in [0.25, 0.3) is 16.0 Å². The molecule has 0 fully saturated rings. The number of hydrogen-bond acceptors (Lipinski definition) is 12. The Balaban J connectivity index is 0.000000218. The van der Waals surface area contributed by atoms with Crippen LogP contribution in [0.4, 0.5) is 21.9 Å². The van der Waals surface area contributed by atoms with Gasteiger partial charge in [0.05, 0.1) is 69.9 Å². The number of esters is 2. The molecule has 15 nitrogen and oxygen atoms in total. The third kappa shape index (κ3) is 14.5. The summed E-state index contributed by atoms with van der Waals surface area (Å²) in [6.45, 7) is 25.5. The number of hydrazone groups is 2. The Morgan fingerprint density at radius 2 is 1.14 bits per heavy atom. The van der Waals surface area contributed by atoms with E-state index >= 15 is 0 Å². The lowest BCUT2D eigenvalue weighted by Crippen LogP contribution is -2.41. The number of hydrogen-bond donors (Lipinski definition) is 1.